The molecule has 0 radical (unpaired) electrons. The SMILES string of the molecule is O=C(N/N=C\c1ccc(OCc2ccc(Cl)cc2Cl)cc1)c1ccccc1O. The molecule has 0 heterocycles. The van der Waals surface area contributed by atoms with Gasteiger partial charge in [-0.2, -0.15) is 5.10 Å². The number of carbonyl (C=O) groups is 1. The number of ether oxygens (including phenoxy) is 1. The molecule has 0 atom stereocenters. The number of halogens is 2. The highest BCUT2D eigenvalue weighted by Crippen LogP contribution is 2.22. The Morgan fingerprint density at radius 1 is 1.07 bits per heavy atom. The monoisotopic (exact) mass is 414 g/mol. The summed E-state index contributed by atoms with van der Waals surface area (Å²) in [6.45, 7) is 0.320. The van der Waals surface area contributed by atoms with E-state index in [9.17, 15) is 9.90 Å². The number of para-hydroxylation sites is 1. The summed E-state index contributed by atoms with van der Waals surface area (Å²) in [7, 11) is 0. The van der Waals surface area contributed by atoms with Crippen molar-refractivity contribution in [1.29, 1.82) is 0 Å². The third-order valence-electron chi connectivity index (χ3n) is 3.82. The molecule has 3 aromatic rings. The standard InChI is InChI=1S/C21H16Cl2N2O3/c22-16-8-7-15(19(23)11-16)13-28-17-9-5-14(6-10-17)12-24-25-21(27)18-3-1-2-4-20(18)26/h1-12,26H,13H2,(H,25,27)/b24-12-. The summed E-state index contributed by atoms with van der Waals surface area (Å²) >= 11 is 12.0. The molecule has 0 saturated heterocycles. The van der Waals surface area contributed by atoms with Crippen LogP contribution in [0.2, 0.25) is 10.0 Å². The van der Waals surface area contributed by atoms with E-state index >= 15 is 0 Å². The second-order valence-electron chi connectivity index (χ2n) is 5.81. The number of phenolic OH excluding ortho intramolecular Hbond substituents is 1. The molecular formula is C21H16Cl2N2O3. The lowest BCUT2D eigenvalue weighted by atomic mass is 10.2. The molecular weight excluding hydrogens is 399 g/mol. The zero-order valence-corrected chi connectivity index (χ0v) is 16.1. The molecule has 0 spiro atoms. The normalized spacial score (nSPS) is 10.8. The Kier molecular flexibility index (Phi) is 6.53. The number of hydrogen-bond donors (Lipinski definition) is 2. The van der Waals surface area contributed by atoms with Gasteiger partial charge in [-0.3, -0.25) is 4.79 Å². The number of hydrazone groups is 1. The van der Waals surface area contributed by atoms with Crippen molar-refractivity contribution < 1.29 is 14.6 Å². The highest BCUT2D eigenvalue weighted by atomic mass is 35.5. The summed E-state index contributed by atoms with van der Waals surface area (Å²) in [5, 5.41) is 14.7. The van der Waals surface area contributed by atoms with E-state index in [2.05, 4.69) is 10.5 Å². The first-order chi connectivity index (χ1) is 13.5. The van der Waals surface area contributed by atoms with Gasteiger partial charge in [-0.05, 0) is 54.1 Å². The molecule has 0 aliphatic heterocycles. The van der Waals surface area contributed by atoms with Gasteiger partial charge in [0.05, 0.1) is 11.8 Å². The highest BCUT2D eigenvalue weighted by Gasteiger charge is 2.08. The van der Waals surface area contributed by atoms with Gasteiger partial charge in [-0.15, -0.1) is 0 Å². The van der Waals surface area contributed by atoms with Gasteiger partial charge in [0.25, 0.3) is 5.91 Å². The number of phenols is 1. The van der Waals surface area contributed by atoms with Crippen LogP contribution in [-0.4, -0.2) is 17.2 Å². The third-order valence-corrected chi connectivity index (χ3v) is 4.40. The van der Waals surface area contributed by atoms with E-state index in [0.717, 1.165) is 11.1 Å². The minimum absolute atomic E-state index is 0.0995. The fourth-order valence-electron chi connectivity index (χ4n) is 2.34. The van der Waals surface area contributed by atoms with Crippen LogP contribution in [0.5, 0.6) is 11.5 Å². The van der Waals surface area contributed by atoms with Crippen LogP contribution in [0.3, 0.4) is 0 Å². The number of carbonyl (C=O) groups excluding carboxylic acids is 1. The molecule has 0 fully saturated rings. The molecule has 2 N–H and O–H groups in total. The quantitative estimate of drug-likeness (QED) is 0.438. The fraction of sp³-hybridized carbons (Fsp3) is 0.0476. The van der Waals surface area contributed by atoms with Crippen LogP contribution in [-0.2, 0) is 6.61 Å². The Labute approximate surface area is 172 Å². The maximum absolute atomic E-state index is 12.0. The first-order valence-electron chi connectivity index (χ1n) is 8.31. The van der Waals surface area contributed by atoms with Gasteiger partial charge in [0.1, 0.15) is 18.1 Å². The maximum atomic E-state index is 12.0. The van der Waals surface area contributed by atoms with Crippen molar-refractivity contribution >= 4 is 35.3 Å². The van der Waals surface area contributed by atoms with Crippen LogP contribution in [0.1, 0.15) is 21.5 Å². The Balaban J connectivity index is 1.54. The molecule has 28 heavy (non-hydrogen) atoms. The van der Waals surface area contributed by atoms with Crippen molar-refractivity contribution in [2.24, 2.45) is 5.10 Å². The maximum Gasteiger partial charge on any atom is 0.275 e. The summed E-state index contributed by atoms with van der Waals surface area (Å²) < 4.78 is 5.71. The predicted molar refractivity (Wildman–Crippen MR) is 110 cm³/mol. The van der Waals surface area contributed by atoms with Crippen molar-refractivity contribution in [1.82, 2.24) is 5.43 Å². The van der Waals surface area contributed by atoms with E-state index in [1.165, 1.54) is 18.3 Å². The topological polar surface area (TPSA) is 70.9 Å². The minimum Gasteiger partial charge on any atom is -0.507 e. The Morgan fingerprint density at radius 2 is 1.82 bits per heavy atom. The van der Waals surface area contributed by atoms with Crippen LogP contribution >= 0.6 is 23.2 Å². The van der Waals surface area contributed by atoms with E-state index in [1.807, 2.05) is 6.07 Å². The lowest BCUT2D eigenvalue weighted by Gasteiger charge is -2.08. The van der Waals surface area contributed by atoms with Gasteiger partial charge in [0, 0.05) is 15.6 Å². The van der Waals surface area contributed by atoms with Crippen molar-refractivity contribution in [3.63, 3.8) is 0 Å². The molecule has 0 unspecified atom stereocenters. The van der Waals surface area contributed by atoms with Gasteiger partial charge >= 0.3 is 0 Å². The van der Waals surface area contributed by atoms with Crippen LogP contribution in [0.4, 0.5) is 0 Å². The average molecular weight is 415 g/mol. The molecule has 7 heteroatoms. The second kappa shape index (κ2) is 9.26. The third kappa shape index (κ3) is 5.25. The fourth-order valence-corrected chi connectivity index (χ4v) is 2.80. The molecule has 142 valence electrons. The first-order valence-corrected chi connectivity index (χ1v) is 9.07. The van der Waals surface area contributed by atoms with Gasteiger partial charge < -0.3 is 9.84 Å². The first kappa shape index (κ1) is 19.7. The van der Waals surface area contributed by atoms with Gasteiger partial charge in [0.15, 0.2) is 0 Å². The summed E-state index contributed by atoms with van der Waals surface area (Å²) in [5.74, 6) is 0.0769. The van der Waals surface area contributed by atoms with E-state index < -0.39 is 5.91 Å². The summed E-state index contributed by atoms with van der Waals surface area (Å²) in [6.07, 6.45) is 1.50. The molecule has 0 saturated carbocycles. The van der Waals surface area contributed by atoms with E-state index in [1.54, 1.807) is 48.5 Å². The zero-order chi connectivity index (χ0) is 19.9. The minimum atomic E-state index is -0.492. The molecule has 0 aliphatic carbocycles. The number of rotatable bonds is 6. The van der Waals surface area contributed by atoms with E-state index in [0.29, 0.717) is 22.4 Å². The molecule has 1 amide bonds. The lowest BCUT2D eigenvalue weighted by Crippen LogP contribution is -2.17. The van der Waals surface area contributed by atoms with Crippen LogP contribution in [0.15, 0.2) is 71.8 Å². The van der Waals surface area contributed by atoms with E-state index in [4.69, 9.17) is 27.9 Å². The van der Waals surface area contributed by atoms with Crippen molar-refractivity contribution in [3.8, 4) is 11.5 Å². The van der Waals surface area contributed by atoms with Crippen LogP contribution in [0, 0.1) is 0 Å². The molecule has 3 aromatic carbocycles. The van der Waals surface area contributed by atoms with Crippen molar-refractivity contribution in [2.75, 3.05) is 0 Å². The molecule has 0 bridgehead atoms. The Hall–Kier alpha value is -3.02. The predicted octanol–water partition coefficient (Wildman–Crippen LogP) is 5.04. The van der Waals surface area contributed by atoms with Crippen molar-refractivity contribution in [2.45, 2.75) is 6.61 Å². The summed E-state index contributed by atoms with van der Waals surface area (Å²) in [6, 6.07) is 18.7. The molecule has 5 nitrogen and oxygen atoms in total. The largest absolute Gasteiger partial charge is 0.507 e. The number of benzene rings is 3. The average Bonchev–Trinajstić information content (AvgIpc) is 2.68. The zero-order valence-electron chi connectivity index (χ0n) is 14.6. The number of nitrogens with zero attached hydrogens (tertiary/aromatic N) is 1. The second-order valence-corrected chi connectivity index (χ2v) is 6.65. The summed E-state index contributed by atoms with van der Waals surface area (Å²) in [5.41, 5.74) is 4.14. The smallest absolute Gasteiger partial charge is 0.275 e. The van der Waals surface area contributed by atoms with Crippen molar-refractivity contribution in [3.05, 3.63) is 93.5 Å². The van der Waals surface area contributed by atoms with Crippen LogP contribution in [0.25, 0.3) is 0 Å². The number of amides is 1. The molecule has 0 aromatic heterocycles. The Bertz CT molecular complexity index is 1000. The number of nitrogens with one attached hydrogen (secondary N) is 1. The van der Waals surface area contributed by atoms with E-state index in [-0.39, 0.29) is 11.3 Å². The van der Waals surface area contributed by atoms with Crippen LogP contribution < -0.4 is 10.2 Å². The highest BCUT2D eigenvalue weighted by molar-refractivity contribution is 6.35. The van der Waals surface area contributed by atoms with Gasteiger partial charge in [-0.1, -0.05) is 41.4 Å². The van der Waals surface area contributed by atoms with Gasteiger partial charge in [-0.25, -0.2) is 5.43 Å². The Morgan fingerprint density at radius 3 is 2.54 bits per heavy atom. The summed E-state index contributed by atoms with van der Waals surface area (Å²) in [4.78, 5) is 12.0. The molecule has 0 aliphatic rings. The number of aromatic hydroxyl groups is 1. The van der Waals surface area contributed by atoms with Gasteiger partial charge in [0.2, 0.25) is 0 Å². The molecule has 3 rings (SSSR count). The number of hydrogen-bond acceptors (Lipinski definition) is 4. The lowest BCUT2D eigenvalue weighted by molar-refractivity contribution is 0.0952.